The standard InChI is InChI=1S/C15H13ClFN3O4S.ClH/c1-25(22,23)13-6-8(14(21)20-15(18)19)2-5-12(13)24-9-3-4-11(17)10(16)7-9;/h2-7H,1H3,(H4,18,19,20,21);1H. The number of rotatable bonds is 4. The lowest BCUT2D eigenvalue weighted by Gasteiger charge is -2.12. The van der Waals surface area contributed by atoms with E-state index in [1.54, 1.807) is 0 Å². The number of ether oxygens (including phenoxy) is 1. The summed E-state index contributed by atoms with van der Waals surface area (Å²) in [5.74, 6) is -1.91. The van der Waals surface area contributed by atoms with E-state index in [0.29, 0.717) is 0 Å². The molecule has 0 aliphatic heterocycles. The Bertz CT molecular complexity index is 967. The molecule has 4 N–H and O–H groups in total. The van der Waals surface area contributed by atoms with Gasteiger partial charge in [-0.25, -0.2) is 12.8 Å². The molecule has 0 fully saturated rings. The number of hydrogen-bond acceptors (Lipinski definition) is 5. The van der Waals surface area contributed by atoms with E-state index >= 15 is 0 Å². The van der Waals surface area contributed by atoms with E-state index in [0.717, 1.165) is 18.4 Å². The number of nitrogens with two attached hydrogens (primary N) is 1. The van der Waals surface area contributed by atoms with Crippen molar-refractivity contribution >= 4 is 45.7 Å². The van der Waals surface area contributed by atoms with Crippen molar-refractivity contribution in [1.82, 2.24) is 5.32 Å². The number of hydrogen-bond donors (Lipinski definition) is 3. The number of halogens is 3. The maximum atomic E-state index is 13.2. The van der Waals surface area contributed by atoms with Crippen molar-refractivity contribution in [3.63, 3.8) is 0 Å². The summed E-state index contributed by atoms with van der Waals surface area (Å²) in [4.78, 5) is 11.6. The van der Waals surface area contributed by atoms with Crippen LogP contribution in [-0.2, 0) is 9.84 Å². The molecule has 140 valence electrons. The molecule has 26 heavy (non-hydrogen) atoms. The minimum atomic E-state index is -3.75. The van der Waals surface area contributed by atoms with E-state index in [9.17, 15) is 17.6 Å². The predicted octanol–water partition coefficient (Wildman–Crippen LogP) is 2.72. The molecule has 1 amide bonds. The Morgan fingerprint density at radius 1 is 1.27 bits per heavy atom. The first kappa shape index (κ1) is 21.7. The van der Waals surface area contributed by atoms with Gasteiger partial charge in [-0.3, -0.25) is 15.5 Å². The maximum absolute atomic E-state index is 13.2. The van der Waals surface area contributed by atoms with Gasteiger partial charge in [-0.2, -0.15) is 0 Å². The zero-order valence-electron chi connectivity index (χ0n) is 13.2. The lowest BCUT2D eigenvalue weighted by atomic mass is 10.2. The van der Waals surface area contributed by atoms with Crippen LogP contribution >= 0.6 is 24.0 Å². The van der Waals surface area contributed by atoms with Crippen molar-refractivity contribution in [2.45, 2.75) is 4.90 Å². The van der Waals surface area contributed by atoms with Crippen LogP contribution in [0.2, 0.25) is 5.02 Å². The predicted molar refractivity (Wildman–Crippen MR) is 97.7 cm³/mol. The fraction of sp³-hybridized carbons (Fsp3) is 0.0667. The topological polar surface area (TPSA) is 122 Å². The van der Waals surface area contributed by atoms with Crippen LogP contribution in [0.25, 0.3) is 0 Å². The SMILES string of the molecule is CS(=O)(=O)c1cc(C(=O)NC(=N)N)ccc1Oc1ccc(F)c(Cl)c1.Cl. The van der Waals surface area contributed by atoms with Crippen molar-refractivity contribution < 1.29 is 22.3 Å². The molecule has 0 aromatic heterocycles. The van der Waals surface area contributed by atoms with Gasteiger partial charge < -0.3 is 10.5 Å². The third-order valence-electron chi connectivity index (χ3n) is 2.97. The minimum Gasteiger partial charge on any atom is -0.456 e. The Labute approximate surface area is 160 Å². The Morgan fingerprint density at radius 3 is 2.46 bits per heavy atom. The highest BCUT2D eigenvalue weighted by Crippen LogP contribution is 2.31. The Balaban J connectivity index is 0.00000338. The third kappa shape index (κ3) is 5.32. The summed E-state index contributed by atoms with van der Waals surface area (Å²) in [5, 5.41) is 8.90. The van der Waals surface area contributed by atoms with Gasteiger partial charge in [-0.1, -0.05) is 11.6 Å². The summed E-state index contributed by atoms with van der Waals surface area (Å²) >= 11 is 5.67. The summed E-state index contributed by atoms with van der Waals surface area (Å²) in [6, 6.07) is 7.21. The quantitative estimate of drug-likeness (QED) is 0.517. The second-order valence-electron chi connectivity index (χ2n) is 4.98. The van der Waals surface area contributed by atoms with Crippen LogP contribution in [0, 0.1) is 11.2 Å². The minimum absolute atomic E-state index is 0. The molecule has 2 rings (SSSR count). The van der Waals surface area contributed by atoms with Crippen LogP contribution < -0.4 is 15.8 Å². The van der Waals surface area contributed by atoms with E-state index in [-0.39, 0.29) is 39.4 Å². The van der Waals surface area contributed by atoms with Crippen LogP contribution in [0.4, 0.5) is 4.39 Å². The molecule has 0 spiro atoms. The fourth-order valence-corrected chi connectivity index (χ4v) is 2.87. The largest absolute Gasteiger partial charge is 0.456 e. The second-order valence-corrected chi connectivity index (χ2v) is 7.37. The van der Waals surface area contributed by atoms with Gasteiger partial charge in [0.25, 0.3) is 5.91 Å². The molecule has 2 aromatic carbocycles. The van der Waals surface area contributed by atoms with Crippen molar-refractivity contribution in [2.75, 3.05) is 6.26 Å². The zero-order valence-corrected chi connectivity index (χ0v) is 15.6. The number of carbonyl (C=O) groups is 1. The molecule has 0 unspecified atom stereocenters. The van der Waals surface area contributed by atoms with E-state index in [1.165, 1.54) is 24.3 Å². The molecule has 0 heterocycles. The number of sulfone groups is 1. The molecule has 0 atom stereocenters. The van der Waals surface area contributed by atoms with Gasteiger partial charge in [0, 0.05) is 17.9 Å². The lowest BCUT2D eigenvalue weighted by molar-refractivity contribution is 0.0976. The van der Waals surface area contributed by atoms with Crippen molar-refractivity contribution in [2.24, 2.45) is 5.73 Å². The van der Waals surface area contributed by atoms with Crippen LogP contribution in [0.5, 0.6) is 11.5 Å². The molecule has 2 aromatic rings. The molecule has 0 radical (unpaired) electrons. The Hall–Kier alpha value is -2.36. The highest BCUT2D eigenvalue weighted by Gasteiger charge is 2.19. The van der Waals surface area contributed by atoms with Crippen LogP contribution in [-0.4, -0.2) is 26.5 Å². The Morgan fingerprint density at radius 2 is 1.92 bits per heavy atom. The lowest BCUT2D eigenvalue weighted by Crippen LogP contribution is -2.35. The van der Waals surface area contributed by atoms with Crippen LogP contribution in [0.15, 0.2) is 41.3 Å². The number of benzene rings is 2. The summed E-state index contributed by atoms with van der Waals surface area (Å²) < 4.78 is 42.6. The van der Waals surface area contributed by atoms with Crippen molar-refractivity contribution in [3.05, 3.63) is 52.8 Å². The molecule has 7 nitrogen and oxygen atoms in total. The maximum Gasteiger partial charge on any atom is 0.257 e. The molecular weight excluding hydrogens is 408 g/mol. The molecule has 0 aliphatic rings. The highest BCUT2D eigenvalue weighted by molar-refractivity contribution is 7.90. The third-order valence-corrected chi connectivity index (χ3v) is 4.38. The first-order valence-electron chi connectivity index (χ1n) is 6.70. The molecule has 11 heteroatoms. The fourth-order valence-electron chi connectivity index (χ4n) is 1.89. The number of amides is 1. The summed E-state index contributed by atoms with van der Waals surface area (Å²) in [6.45, 7) is 0. The second kappa shape index (κ2) is 8.35. The van der Waals surface area contributed by atoms with E-state index < -0.39 is 27.5 Å². The van der Waals surface area contributed by atoms with Crippen molar-refractivity contribution in [3.8, 4) is 11.5 Å². The van der Waals surface area contributed by atoms with Gasteiger partial charge >= 0.3 is 0 Å². The Kier molecular flexibility index (Phi) is 6.96. The summed E-state index contributed by atoms with van der Waals surface area (Å²) in [6.07, 6.45) is 0.944. The van der Waals surface area contributed by atoms with Gasteiger partial charge in [0.1, 0.15) is 22.2 Å². The summed E-state index contributed by atoms with van der Waals surface area (Å²) in [5.41, 5.74) is 5.05. The van der Waals surface area contributed by atoms with Gasteiger partial charge in [0.15, 0.2) is 15.8 Å². The first-order valence-corrected chi connectivity index (χ1v) is 8.97. The van der Waals surface area contributed by atoms with Gasteiger partial charge in [0.2, 0.25) is 0 Å². The monoisotopic (exact) mass is 421 g/mol. The highest BCUT2D eigenvalue weighted by atomic mass is 35.5. The number of nitrogens with one attached hydrogen (secondary N) is 2. The van der Waals surface area contributed by atoms with Crippen molar-refractivity contribution in [1.29, 1.82) is 5.41 Å². The molecular formula is C15H14Cl2FN3O4S. The molecule has 0 bridgehead atoms. The normalized spacial score (nSPS) is 10.6. The average molecular weight is 422 g/mol. The molecule has 0 aliphatic carbocycles. The van der Waals surface area contributed by atoms with Gasteiger partial charge in [-0.05, 0) is 30.3 Å². The van der Waals surface area contributed by atoms with E-state index in [4.69, 9.17) is 27.5 Å². The number of carbonyl (C=O) groups excluding carboxylic acids is 1. The smallest absolute Gasteiger partial charge is 0.257 e. The van der Waals surface area contributed by atoms with E-state index in [2.05, 4.69) is 0 Å². The van der Waals surface area contributed by atoms with Gasteiger partial charge in [-0.15, -0.1) is 12.4 Å². The van der Waals surface area contributed by atoms with Crippen LogP contribution in [0.1, 0.15) is 10.4 Å². The molecule has 0 saturated carbocycles. The van der Waals surface area contributed by atoms with Crippen LogP contribution in [0.3, 0.4) is 0 Å². The first-order chi connectivity index (χ1) is 11.6. The van der Waals surface area contributed by atoms with Gasteiger partial charge in [0.05, 0.1) is 5.02 Å². The summed E-state index contributed by atoms with van der Waals surface area (Å²) in [7, 11) is -3.75. The zero-order chi connectivity index (χ0) is 18.8. The van der Waals surface area contributed by atoms with E-state index in [1.807, 2.05) is 5.32 Å². The molecule has 0 saturated heterocycles. The number of guanidine groups is 1. The average Bonchev–Trinajstić information content (AvgIpc) is 2.49.